The lowest BCUT2D eigenvalue weighted by Crippen LogP contribution is -2.52. The molecule has 1 aliphatic rings. The van der Waals surface area contributed by atoms with Gasteiger partial charge in [-0.25, -0.2) is 8.78 Å². The minimum Gasteiger partial charge on any atom is -0.486 e. The van der Waals surface area contributed by atoms with Gasteiger partial charge in [0.05, 0.1) is 6.61 Å². The fourth-order valence-corrected chi connectivity index (χ4v) is 6.00. The molecule has 0 aliphatic heterocycles. The number of benzene rings is 4. The van der Waals surface area contributed by atoms with E-state index in [2.05, 4.69) is 17.4 Å². The maximum atomic E-state index is 15.1. The standard InChI is InChI=1S/C39H43F2NO6.CO2/c1-24(21-43)10-11-26-12-15-36(33(40)18-26)47-22-28-6-4-7-29(25(28)2)30-8-5-9-32-31(30)14-17-35(32)48-37-16-13-27(19-34(37)41)20-42-39(3,23-44)38(45)46;2-1-3/h4-9,12-13,15-16,18-19,24,35,42-44H,10-11,14,17,20-23H2,1-3H3,(H,45,46);/t24-,35?,39+;/m1./s1. The molecule has 0 spiro atoms. The molecule has 51 heavy (non-hydrogen) atoms. The van der Waals surface area contributed by atoms with Crippen LogP contribution in [-0.2, 0) is 40.4 Å². The van der Waals surface area contributed by atoms with E-state index in [0.29, 0.717) is 18.4 Å². The minimum atomic E-state index is -1.54. The Hall–Kier alpha value is -4.93. The zero-order chi connectivity index (χ0) is 37.1. The maximum absolute atomic E-state index is 15.1. The van der Waals surface area contributed by atoms with Gasteiger partial charge in [-0.2, -0.15) is 9.59 Å². The van der Waals surface area contributed by atoms with Gasteiger partial charge >= 0.3 is 12.1 Å². The second kappa shape index (κ2) is 17.8. The number of fused-ring (bicyclic) bond motifs is 1. The zero-order valence-corrected chi connectivity index (χ0v) is 28.9. The van der Waals surface area contributed by atoms with Gasteiger partial charge in [0.2, 0.25) is 0 Å². The molecule has 0 radical (unpaired) electrons. The largest absolute Gasteiger partial charge is 0.486 e. The van der Waals surface area contributed by atoms with Crippen molar-refractivity contribution in [2.75, 3.05) is 13.2 Å². The van der Waals surface area contributed by atoms with Crippen molar-refractivity contribution >= 4 is 12.1 Å². The van der Waals surface area contributed by atoms with Crippen LogP contribution in [0, 0.1) is 24.5 Å². The van der Waals surface area contributed by atoms with Crippen molar-refractivity contribution in [2.24, 2.45) is 5.92 Å². The molecular formula is C40H43F2NO8. The summed E-state index contributed by atoms with van der Waals surface area (Å²) in [6, 6.07) is 21.6. The predicted molar refractivity (Wildman–Crippen MR) is 185 cm³/mol. The topological polar surface area (TPSA) is 142 Å². The van der Waals surface area contributed by atoms with E-state index in [9.17, 15) is 24.5 Å². The quantitative estimate of drug-likeness (QED) is 0.109. The zero-order valence-electron chi connectivity index (χ0n) is 28.9. The molecule has 9 nitrogen and oxygen atoms in total. The summed E-state index contributed by atoms with van der Waals surface area (Å²) in [7, 11) is 0. The highest BCUT2D eigenvalue weighted by molar-refractivity contribution is 5.78. The molecule has 0 heterocycles. The molecule has 0 aromatic heterocycles. The normalized spacial score (nSPS) is 15.1. The van der Waals surface area contributed by atoms with Crippen LogP contribution < -0.4 is 14.8 Å². The van der Waals surface area contributed by atoms with Crippen LogP contribution in [-0.4, -0.2) is 46.2 Å². The molecule has 1 unspecified atom stereocenters. The lowest BCUT2D eigenvalue weighted by atomic mass is 9.91. The first-order valence-electron chi connectivity index (χ1n) is 16.7. The van der Waals surface area contributed by atoms with Crippen molar-refractivity contribution in [3.05, 3.63) is 118 Å². The maximum Gasteiger partial charge on any atom is 0.373 e. The lowest BCUT2D eigenvalue weighted by Gasteiger charge is -2.24. The van der Waals surface area contributed by atoms with Gasteiger partial charge in [0.15, 0.2) is 23.1 Å². The third-order valence-electron chi connectivity index (χ3n) is 9.31. The number of rotatable bonds is 15. The SMILES string of the molecule is Cc1c(COc2ccc(CC[C@@H](C)CO)cc2F)cccc1-c1cccc2c1CCC2Oc1ccc(CN[C@@](C)(CO)C(=O)O)cc1F.O=C=O. The first kappa shape index (κ1) is 38.9. The van der Waals surface area contributed by atoms with Crippen LogP contribution in [0.15, 0.2) is 72.8 Å². The molecule has 1 aliphatic carbocycles. The van der Waals surface area contributed by atoms with E-state index in [4.69, 9.17) is 19.1 Å². The Labute approximate surface area is 295 Å². The monoisotopic (exact) mass is 703 g/mol. The average Bonchev–Trinajstić information content (AvgIpc) is 3.53. The third-order valence-corrected chi connectivity index (χ3v) is 9.31. The number of aryl methyl sites for hydroxylation is 1. The van der Waals surface area contributed by atoms with Gasteiger partial charge in [-0.15, -0.1) is 0 Å². The molecule has 0 saturated heterocycles. The predicted octanol–water partition coefficient (Wildman–Crippen LogP) is 6.49. The summed E-state index contributed by atoms with van der Waals surface area (Å²) < 4.78 is 42.1. The molecule has 4 aromatic rings. The van der Waals surface area contributed by atoms with Crippen molar-refractivity contribution in [3.63, 3.8) is 0 Å². The highest BCUT2D eigenvalue weighted by atomic mass is 19.1. The van der Waals surface area contributed by atoms with Crippen LogP contribution in [0.1, 0.15) is 66.2 Å². The van der Waals surface area contributed by atoms with Gasteiger partial charge in [0.25, 0.3) is 0 Å². The van der Waals surface area contributed by atoms with E-state index >= 15 is 4.39 Å². The van der Waals surface area contributed by atoms with E-state index in [1.807, 2.05) is 44.2 Å². The Bertz CT molecular complexity index is 1860. The molecule has 11 heteroatoms. The molecule has 270 valence electrons. The van der Waals surface area contributed by atoms with Crippen LogP contribution in [0.3, 0.4) is 0 Å². The van der Waals surface area contributed by atoms with Gasteiger partial charge in [-0.1, -0.05) is 55.5 Å². The number of aliphatic hydroxyl groups is 2. The van der Waals surface area contributed by atoms with Gasteiger partial charge in [-0.3, -0.25) is 10.1 Å². The number of ether oxygens (including phenoxy) is 2. The van der Waals surface area contributed by atoms with Crippen LogP contribution >= 0.6 is 0 Å². The number of aliphatic hydroxyl groups excluding tert-OH is 2. The summed E-state index contributed by atoms with van der Waals surface area (Å²) in [5.41, 5.74) is 6.07. The number of carbonyl (C=O) groups excluding carboxylic acids is 2. The Kier molecular flexibility index (Phi) is 13.6. The Morgan fingerprint density at radius 3 is 2.29 bits per heavy atom. The summed E-state index contributed by atoms with van der Waals surface area (Å²) in [6.07, 6.45) is 2.81. The van der Waals surface area contributed by atoms with Gasteiger partial charge in [-0.05, 0) is 114 Å². The fraction of sp³-hybridized carbons (Fsp3) is 0.350. The Morgan fingerprint density at radius 1 is 0.980 bits per heavy atom. The Morgan fingerprint density at radius 2 is 1.63 bits per heavy atom. The molecular weight excluding hydrogens is 660 g/mol. The lowest BCUT2D eigenvalue weighted by molar-refractivity contribution is -0.191. The van der Waals surface area contributed by atoms with Crippen molar-refractivity contribution in [2.45, 2.75) is 71.2 Å². The van der Waals surface area contributed by atoms with Gasteiger partial charge < -0.3 is 24.8 Å². The molecule has 0 bridgehead atoms. The first-order valence-corrected chi connectivity index (χ1v) is 16.7. The highest BCUT2D eigenvalue weighted by Gasteiger charge is 2.32. The smallest absolute Gasteiger partial charge is 0.373 e. The second-order valence-corrected chi connectivity index (χ2v) is 13.0. The number of hydrogen-bond acceptors (Lipinski definition) is 8. The number of carboxylic acids is 1. The number of hydrogen-bond donors (Lipinski definition) is 4. The third kappa shape index (κ3) is 9.65. The molecule has 0 saturated carbocycles. The number of nitrogens with one attached hydrogen (secondary N) is 1. The number of carboxylic acid groups (broad SMARTS) is 1. The van der Waals surface area contributed by atoms with E-state index in [1.54, 1.807) is 18.2 Å². The van der Waals surface area contributed by atoms with E-state index in [0.717, 1.165) is 51.8 Å². The fourth-order valence-electron chi connectivity index (χ4n) is 6.00. The molecule has 4 aromatic carbocycles. The first-order chi connectivity index (χ1) is 24.4. The summed E-state index contributed by atoms with van der Waals surface area (Å²) >= 11 is 0. The van der Waals surface area contributed by atoms with Gasteiger partial charge in [0.1, 0.15) is 18.2 Å². The van der Waals surface area contributed by atoms with Crippen molar-refractivity contribution in [3.8, 4) is 22.6 Å². The highest BCUT2D eigenvalue weighted by Crippen LogP contribution is 2.41. The minimum absolute atomic E-state index is 0.0619. The number of aliphatic carboxylic acids is 1. The summed E-state index contributed by atoms with van der Waals surface area (Å²) in [5, 5.41) is 30.8. The summed E-state index contributed by atoms with van der Waals surface area (Å²) in [6.45, 7) is 5.14. The van der Waals surface area contributed by atoms with Crippen LogP contribution in [0.25, 0.3) is 11.1 Å². The molecule has 0 amide bonds. The summed E-state index contributed by atoms with van der Waals surface area (Å²) in [5.74, 6) is -1.68. The van der Waals surface area contributed by atoms with Crippen molar-refractivity contribution in [1.29, 1.82) is 0 Å². The van der Waals surface area contributed by atoms with E-state index in [-0.39, 0.29) is 49.4 Å². The van der Waals surface area contributed by atoms with Crippen molar-refractivity contribution in [1.82, 2.24) is 5.32 Å². The molecule has 0 fully saturated rings. The van der Waals surface area contributed by atoms with E-state index < -0.39 is 29.7 Å². The number of halogens is 2. The summed E-state index contributed by atoms with van der Waals surface area (Å²) in [4.78, 5) is 27.7. The molecule has 5 rings (SSSR count). The number of carbonyl (C=O) groups is 1. The molecule has 3 atom stereocenters. The van der Waals surface area contributed by atoms with Crippen LogP contribution in [0.5, 0.6) is 11.5 Å². The van der Waals surface area contributed by atoms with Gasteiger partial charge in [0, 0.05) is 13.2 Å². The van der Waals surface area contributed by atoms with E-state index in [1.165, 1.54) is 19.1 Å². The van der Waals surface area contributed by atoms with Crippen LogP contribution in [0.2, 0.25) is 0 Å². The van der Waals surface area contributed by atoms with Crippen LogP contribution in [0.4, 0.5) is 8.78 Å². The average molecular weight is 704 g/mol. The van der Waals surface area contributed by atoms with Crippen molar-refractivity contribution < 1.29 is 48.0 Å². The molecule has 4 N–H and O–H groups in total. The Balaban J connectivity index is 0.00000188. The second-order valence-electron chi connectivity index (χ2n) is 13.0.